The number of carbonyl (C=O) groups is 1. The summed E-state index contributed by atoms with van der Waals surface area (Å²) in [6.45, 7) is 0. The SMILES string of the molecule is Cl.NC1C2CCC(C2)C1C(=O)Nc1cccc(CS(=O)C2CCCCC2)c1. The van der Waals surface area contributed by atoms with E-state index in [0.29, 0.717) is 22.8 Å². The number of rotatable bonds is 5. The molecule has 1 aromatic carbocycles. The molecule has 1 aromatic rings. The molecule has 0 radical (unpaired) electrons. The highest BCUT2D eigenvalue weighted by Gasteiger charge is 2.49. The van der Waals surface area contributed by atoms with Crippen LogP contribution >= 0.6 is 12.4 Å². The minimum Gasteiger partial charge on any atom is -0.327 e. The van der Waals surface area contributed by atoms with Gasteiger partial charge in [-0.15, -0.1) is 12.4 Å². The van der Waals surface area contributed by atoms with Crippen molar-refractivity contribution in [3.8, 4) is 0 Å². The van der Waals surface area contributed by atoms with Crippen molar-refractivity contribution < 1.29 is 9.00 Å². The number of nitrogens with two attached hydrogens (primary N) is 1. The van der Waals surface area contributed by atoms with Gasteiger partial charge >= 0.3 is 0 Å². The molecular weight excluding hydrogens is 380 g/mol. The van der Waals surface area contributed by atoms with Crippen molar-refractivity contribution >= 4 is 34.8 Å². The Balaban J connectivity index is 0.00000210. The zero-order valence-electron chi connectivity index (χ0n) is 15.8. The van der Waals surface area contributed by atoms with E-state index in [-0.39, 0.29) is 30.3 Å². The van der Waals surface area contributed by atoms with Crippen LogP contribution in [-0.4, -0.2) is 21.4 Å². The number of carbonyl (C=O) groups excluding carboxylic acids is 1. The second kappa shape index (κ2) is 9.06. The summed E-state index contributed by atoms with van der Waals surface area (Å²) >= 11 is 0. The summed E-state index contributed by atoms with van der Waals surface area (Å²) < 4.78 is 12.6. The fourth-order valence-electron chi connectivity index (χ4n) is 5.30. The van der Waals surface area contributed by atoms with Crippen molar-refractivity contribution in [2.45, 2.75) is 68.4 Å². The lowest BCUT2D eigenvalue weighted by Gasteiger charge is -2.27. The van der Waals surface area contributed by atoms with Gasteiger partial charge in [0.1, 0.15) is 0 Å². The normalized spacial score (nSPS) is 31.3. The van der Waals surface area contributed by atoms with Crippen LogP contribution < -0.4 is 11.1 Å². The maximum Gasteiger partial charge on any atom is 0.229 e. The van der Waals surface area contributed by atoms with Gasteiger partial charge in [-0.3, -0.25) is 9.00 Å². The van der Waals surface area contributed by atoms with E-state index in [1.54, 1.807) is 0 Å². The average molecular weight is 411 g/mol. The van der Waals surface area contributed by atoms with Crippen LogP contribution in [-0.2, 0) is 21.3 Å². The Hall–Kier alpha value is -0.910. The number of hydrogen-bond donors (Lipinski definition) is 2. The maximum absolute atomic E-state index is 12.7. The van der Waals surface area contributed by atoms with Crippen LogP contribution in [0.15, 0.2) is 24.3 Å². The molecule has 0 aromatic heterocycles. The number of fused-ring (bicyclic) bond motifs is 2. The first-order chi connectivity index (χ1) is 12.6. The predicted octanol–water partition coefficient (Wildman–Crippen LogP) is 4.00. The van der Waals surface area contributed by atoms with Crippen LogP contribution in [0.5, 0.6) is 0 Å². The Morgan fingerprint density at radius 2 is 1.85 bits per heavy atom. The smallest absolute Gasteiger partial charge is 0.229 e. The van der Waals surface area contributed by atoms with Crippen molar-refractivity contribution in [1.82, 2.24) is 0 Å². The number of nitrogens with one attached hydrogen (secondary N) is 1. The van der Waals surface area contributed by atoms with E-state index in [1.165, 1.54) is 25.7 Å². The first kappa shape index (κ1) is 20.8. The van der Waals surface area contributed by atoms with Gasteiger partial charge in [-0.05, 0) is 61.6 Å². The molecule has 0 heterocycles. The molecule has 0 saturated heterocycles. The maximum atomic E-state index is 12.7. The molecular formula is C21H31ClN2O2S. The molecule has 27 heavy (non-hydrogen) atoms. The summed E-state index contributed by atoms with van der Waals surface area (Å²) in [6.07, 6.45) is 9.29. The average Bonchev–Trinajstić information content (AvgIpc) is 3.24. The van der Waals surface area contributed by atoms with E-state index >= 15 is 0 Å². The molecule has 150 valence electrons. The molecule has 3 fully saturated rings. The Morgan fingerprint density at radius 3 is 2.56 bits per heavy atom. The van der Waals surface area contributed by atoms with Crippen molar-refractivity contribution in [3.63, 3.8) is 0 Å². The molecule has 1 amide bonds. The summed E-state index contributed by atoms with van der Waals surface area (Å²) in [5.41, 5.74) is 8.15. The zero-order valence-corrected chi connectivity index (χ0v) is 17.4. The van der Waals surface area contributed by atoms with Gasteiger partial charge in [0.15, 0.2) is 0 Å². The Bertz CT molecular complexity index is 691. The second-order valence-corrected chi connectivity index (χ2v) is 10.1. The molecule has 5 unspecified atom stereocenters. The number of hydrogen-bond acceptors (Lipinski definition) is 3. The topological polar surface area (TPSA) is 72.2 Å². The number of benzene rings is 1. The number of anilines is 1. The number of amides is 1. The fraction of sp³-hybridized carbons (Fsp3) is 0.667. The molecule has 4 nitrogen and oxygen atoms in total. The third-order valence-corrected chi connectivity index (χ3v) is 8.54. The van der Waals surface area contributed by atoms with E-state index in [2.05, 4.69) is 5.32 Å². The van der Waals surface area contributed by atoms with Crippen molar-refractivity contribution in [2.75, 3.05) is 5.32 Å². The third kappa shape index (κ3) is 4.57. The fourth-order valence-corrected chi connectivity index (χ4v) is 6.90. The Labute approximate surface area is 170 Å². The van der Waals surface area contributed by atoms with Crippen LogP contribution in [0.2, 0.25) is 0 Å². The van der Waals surface area contributed by atoms with Crippen LogP contribution in [0.3, 0.4) is 0 Å². The van der Waals surface area contributed by atoms with Crippen molar-refractivity contribution in [2.24, 2.45) is 23.5 Å². The summed E-state index contributed by atoms with van der Waals surface area (Å²) in [5, 5.41) is 3.42. The van der Waals surface area contributed by atoms with Crippen molar-refractivity contribution in [1.29, 1.82) is 0 Å². The lowest BCUT2D eigenvalue weighted by Crippen LogP contribution is -2.42. The second-order valence-electron chi connectivity index (χ2n) is 8.41. The largest absolute Gasteiger partial charge is 0.327 e. The van der Waals surface area contributed by atoms with Gasteiger partial charge in [0.05, 0.1) is 5.92 Å². The van der Waals surface area contributed by atoms with E-state index in [9.17, 15) is 9.00 Å². The lowest BCUT2D eigenvalue weighted by molar-refractivity contribution is -0.121. The molecule has 0 aliphatic heterocycles. The molecule has 0 spiro atoms. The quantitative estimate of drug-likeness (QED) is 0.770. The molecule has 3 aliphatic rings. The lowest BCUT2D eigenvalue weighted by atomic mass is 9.84. The van der Waals surface area contributed by atoms with Gasteiger partial charge < -0.3 is 11.1 Å². The molecule has 2 bridgehead atoms. The van der Waals surface area contributed by atoms with Gasteiger partial charge in [0, 0.05) is 33.5 Å². The van der Waals surface area contributed by atoms with Crippen LogP contribution in [0.4, 0.5) is 5.69 Å². The van der Waals surface area contributed by atoms with Gasteiger partial charge in [-0.1, -0.05) is 31.4 Å². The summed E-state index contributed by atoms with van der Waals surface area (Å²) in [6, 6.07) is 7.88. The van der Waals surface area contributed by atoms with Gasteiger partial charge in [-0.25, -0.2) is 0 Å². The molecule has 3 saturated carbocycles. The summed E-state index contributed by atoms with van der Waals surface area (Å²) in [7, 11) is -0.820. The first-order valence-corrected chi connectivity index (χ1v) is 11.5. The minimum atomic E-state index is -0.820. The predicted molar refractivity (Wildman–Crippen MR) is 113 cm³/mol. The van der Waals surface area contributed by atoms with Gasteiger partial charge in [0.25, 0.3) is 0 Å². The van der Waals surface area contributed by atoms with Gasteiger partial charge in [-0.2, -0.15) is 0 Å². The van der Waals surface area contributed by atoms with Crippen molar-refractivity contribution in [3.05, 3.63) is 29.8 Å². The van der Waals surface area contributed by atoms with E-state index in [1.807, 2.05) is 24.3 Å². The highest BCUT2D eigenvalue weighted by Crippen LogP contribution is 2.47. The third-order valence-electron chi connectivity index (χ3n) is 6.71. The Kier molecular flexibility index (Phi) is 6.98. The molecule has 3 aliphatic carbocycles. The van der Waals surface area contributed by atoms with Crippen LogP contribution in [0, 0.1) is 17.8 Å². The van der Waals surface area contributed by atoms with Crippen LogP contribution in [0.1, 0.15) is 56.9 Å². The highest BCUT2D eigenvalue weighted by atomic mass is 35.5. The molecule has 6 heteroatoms. The molecule has 4 rings (SSSR count). The summed E-state index contributed by atoms with van der Waals surface area (Å²) in [4.78, 5) is 12.7. The van der Waals surface area contributed by atoms with Crippen LogP contribution in [0.25, 0.3) is 0 Å². The van der Waals surface area contributed by atoms with E-state index in [0.717, 1.165) is 36.9 Å². The van der Waals surface area contributed by atoms with E-state index < -0.39 is 10.8 Å². The molecule has 5 atom stereocenters. The monoisotopic (exact) mass is 410 g/mol. The molecule has 3 N–H and O–H groups in total. The summed E-state index contributed by atoms with van der Waals surface area (Å²) in [5.74, 6) is 1.59. The Morgan fingerprint density at radius 1 is 1.11 bits per heavy atom. The number of halogens is 1. The van der Waals surface area contributed by atoms with E-state index in [4.69, 9.17) is 5.73 Å². The first-order valence-electron chi connectivity index (χ1n) is 10.1. The highest BCUT2D eigenvalue weighted by molar-refractivity contribution is 7.84. The zero-order chi connectivity index (χ0) is 18.1. The van der Waals surface area contributed by atoms with Gasteiger partial charge in [0.2, 0.25) is 5.91 Å². The minimum absolute atomic E-state index is 0. The standard InChI is InChI=1S/C21H30N2O2S.ClH/c22-20-16-10-9-15(12-16)19(20)21(24)23-17-6-4-5-14(11-17)13-26(25)18-7-2-1-3-8-18;/h4-6,11,15-16,18-20H,1-3,7-10,12-13,22H2,(H,23,24);1H.